The summed E-state index contributed by atoms with van der Waals surface area (Å²) in [6.45, 7) is 7.52. The molecule has 2 aromatic heterocycles. The van der Waals surface area contributed by atoms with Gasteiger partial charge in [0.2, 0.25) is 5.91 Å². The van der Waals surface area contributed by atoms with Gasteiger partial charge in [0.25, 0.3) is 11.5 Å². The van der Waals surface area contributed by atoms with E-state index in [9.17, 15) is 14.4 Å². The number of methoxy groups -OCH3 is 1. The molecule has 33 heavy (non-hydrogen) atoms. The first-order valence-corrected chi connectivity index (χ1v) is 10.9. The van der Waals surface area contributed by atoms with Crippen molar-refractivity contribution in [2.75, 3.05) is 20.2 Å². The second kappa shape index (κ2) is 8.69. The third kappa shape index (κ3) is 4.60. The van der Waals surface area contributed by atoms with E-state index in [1.54, 1.807) is 11.0 Å². The van der Waals surface area contributed by atoms with Gasteiger partial charge in [-0.2, -0.15) is 0 Å². The number of hydrogen-bond acceptors (Lipinski definition) is 5. The summed E-state index contributed by atoms with van der Waals surface area (Å²) in [4.78, 5) is 45.2. The molecule has 0 bridgehead atoms. The molecule has 1 saturated heterocycles. The Morgan fingerprint density at radius 3 is 2.48 bits per heavy atom. The average molecular weight is 449 g/mol. The standard InChI is InChI=1S/C25H28N4O4/c1-16-5-7-17(8-6-16)12-27-23(31)19-11-18-20(33-4)9-10-26-22(18)29(24(19)32)13-21(30)28-14-25(2,3)15-28/h5-11H,12-15H2,1-4H3,(H,27,31). The Kier molecular flexibility index (Phi) is 5.93. The van der Waals surface area contributed by atoms with Gasteiger partial charge in [0.05, 0.1) is 12.5 Å². The molecule has 1 aromatic carbocycles. The molecule has 3 heterocycles. The third-order valence-corrected chi connectivity index (χ3v) is 5.87. The fourth-order valence-electron chi connectivity index (χ4n) is 4.11. The predicted molar refractivity (Wildman–Crippen MR) is 125 cm³/mol. The van der Waals surface area contributed by atoms with Gasteiger partial charge in [0.15, 0.2) is 0 Å². The van der Waals surface area contributed by atoms with Crippen LogP contribution >= 0.6 is 0 Å². The van der Waals surface area contributed by atoms with Crippen molar-refractivity contribution in [3.05, 3.63) is 69.6 Å². The summed E-state index contributed by atoms with van der Waals surface area (Å²) < 4.78 is 6.70. The molecule has 0 atom stereocenters. The molecule has 0 radical (unpaired) electrons. The fraction of sp³-hybridized carbons (Fsp3) is 0.360. The van der Waals surface area contributed by atoms with Crippen molar-refractivity contribution in [1.29, 1.82) is 0 Å². The van der Waals surface area contributed by atoms with Crippen molar-refractivity contribution in [2.45, 2.75) is 33.9 Å². The molecule has 8 nitrogen and oxygen atoms in total. The van der Waals surface area contributed by atoms with Crippen LogP contribution in [-0.2, 0) is 17.9 Å². The molecule has 1 N–H and O–H groups in total. The first-order valence-electron chi connectivity index (χ1n) is 10.9. The van der Waals surface area contributed by atoms with Crippen molar-refractivity contribution < 1.29 is 14.3 Å². The Labute approximate surface area is 192 Å². The van der Waals surface area contributed by atoms with Crippen molar-refractivity contribution in [1.82, 2.24) is 19.8 Å². The number of nitrogens with one attached hydrogen (secondary N) is 1. The maximum absolute atomic E-state index is 13.3. The lowest BCUT2D eigenvalue weighted by Crippen LogP contribution is -2.56. The van der Waals surface area contributed by atoms with Gasteiger partial charge in [-0.25, -0.2) is 4.98 Å². The molecule has 8 heteroatoms. The van der Waals surface area contributed by atoms with E-state index < -0.39 is 11.5 Å². The number of ether oxygens (including phenoxy) is 1. The van der Waals surface area contributed by atoms with E-state index in [-0.39, 0.29) is 30.0 Å². The number of likely N-dealkylation sites (tertiary alicyclic amines) is 1. The minimum atomic E-state index is -0.558. The van der Waals surface area contributed by atoms with Crippen LogP contribution in [-0.4, -0.2) is 46.5 Å². The van der Waals surface area contributed by atoms with E-state index in [2.05, 4.69) is 24.1 Å². The second-order valence-electron chi connectivity index (χ2n) is 9.28. The number of aryl methyl sites for hydroxylation is 1. The van der Waals surface area contributed by atoms with Crippen molar-refractivity contribution >= 4 is 22.8 Å². The molecular formula is C25H28N4O4. The summed E-state index contributed by atoms with van der Waals surface area (Å²) in [6, 6.07) is 10.9. The van der Waals surface area contributed by atoms with Crippen molar-refractivity contribution in [3.63, 3.8) is 0 Å². The molecule has 1 aliphatic rings. The van der Waals surface area contributed by atoms with Crippen LogP contribution in [0.15, 0.2) is 47.4 Å². The van der Waals surface area contributed by atoms with Gasteiger partial charge in [0, 0.05) is 25.8 Å². The smallest absolute Gasteiger partial charge is 0.265 e. The van der Waals surface area contributed by atoms with Gasteiger partial charge < -0.3 is 15.0 Å². The van der Waals surface area contributed by atoms with Gasteiger partial charge in [-0.3, -0.25) is 19.0 Å². The van der Waals surface area contributed by atoms with Crippen LogP contribution in [0.1, 0.15) is 35.3 Å². The highest BCUT2D eigenvalue weighted by Gasteiger charge is 2.37. The molecule has 2 amide bonds. The van der Waals surface area contributed by atoms with E-state index in [4.69, 9.17) is 4.74 Å². The van der Waals surface area contributed by atoms with Gasteiger partial charge in [-0.1, -0.05) is 43.7 Å². The number of fused-ring (bicyclic) bond motifs is 1. The van der Waals surface area contributed by atoms with E-state index in [0.717, 1.165) is 11.1 Å². The molecule has 0 unspecified atom stereocenters. The number of aromatic nitrogens is 2. The van der Waals surface area contributed by atoms with Gasteiger partial charge in [-0.05, 0) is 30.0 Å². The number of carbonyl (C=O) groups excluding carboxylic acids is 2. The van der Waals surface area contributed by atoms with Crippen LogP contribution in [0.25, 0.3) is 11.0 Å². The molecule has 172 valence electrons. The first kappa shape index (κ1) is 22.5. The summed E-state index contributed by atoms with van der Waals surface area (Å²) in [5, 5.41) is 3.30. The zero-order chi connectivity index (χ0) is 23.8. The zero-order valence-corrected chi connectivity index (χ0v) is 19.3. The largest absolute Gasteiger partial charge is 0.496 e. The molecule has 3 aromatic rings. The molecule has 1 fully saturated rings. The molecule has 1 aliphatic heterocycles. The number of rotatable bonds is 6. The fourth-order valence-corrected chi connectivity index (χ4v) is 4.11. The first-order chi connectivity index (χ1) is 15.7. The summed E-state index contributed by atoms with van der Waals surface area (Å²) in [5.74, 6) is -0.224. The van der Waals surface area contributed by atoms with Crippen molar-refractivity contribution in [2.24, 2.45) is 5.41 Å². The van der Waals surface area contributed by atoms with Gasteiger partial charge in [0.1, 0.15) is 23.5 Å². The Hall–Kier alpha value is -3.68. The van der Waals surface area contributed by atoms with Crippen LogP contribution in [0.4, 0.5) is 0 Å². The summed E-state index contributed by atoms with van der Waals surface area (Å²) in [7, 11) is 1.51. The minimum absolute atomic E-state index is 0.0577. The van der Waals surface area contributed by atoms with Gasteiger partial charge in [-0.15, -0.1) is 0 Å². The molecule has 4 rings (SSSR count). The lowest BCUT2D eigenvalue weighted by molar-refractivity contribution is -0.142. The van der Waals surface area contributed by atoms with Crippen LogP contribution in [0.3, 0.4) is 0 Å². The molecule has 0 saturated carbocycles. The highest BCUT2D eigenvalue weighted by Crippen LogP contribution is 2.29. The Morgan fingerprint density at radius 1 is 1.15 bits per heavy atom. The topological polar surface area (TPSA) is 93.5 Å². The number of pyridine rings is 2. The number of benzene rings is 1. The molecule has 0 spiro atoms. The Bertz CT molecular complexity index is 1270. The predicted octanol–water partition coefficient (Wildman–Crippen LogP) is 2.51. The average Bonchev–Trinajstić information content (AvgIpc) is 2.77. The highest BCUT2D eigenvalue weighted by molar-refractivity contribution is 5.98. The van der Waals surface area contributed by atoms with E-state index in [1.165, 1.54) is 23.9 Å². The van der Waals surface area contributed by atoms with Crippen LogP contribution in [0, 0.1) is 12.3 Å². The lowest BCUT2D eigenvalue weighted by atomic mass is 9.84. The summed E-state index contributed by atoms with van der Waals surface area (Å²) >= 11 is 0. The molecule has 0 aliphatic carbocycles. The van der Waals surface area contributed by atoms with Crippen molar-refractivity contribution in [3.8, 4) is 5.75 Å². The summed E-state index contributed by atoms with van der Waals surface area (Å²) in [6.07, 6.45) is 1.52. The minimum Gasteiger partial charge on any atom is -0.496 e. The maximum atomic E-state index is 13.3. The SMILES string of the molecule is COc1ccnc2c1cc(C(=O)NCc1ccc(C)cc1)c(=O)n2CC(=O)N1CC(C)(C)C1. The second-order valence-corrected chi connectivity index (χ2v) is 9.28. The maximum Gasteiger partial charge on any atom is 0.265 e. The van der Waals surface area contributed by atoms with E-state index in [1.807, 2.05) is 31.2 Å². The zero-order valence-electron chi connectivity index (χ0n) is 19.3. The van der Waals surface area contributed by atoms with E-state index in [0.29, 0.717) is 29.9 Å². The quantitative estimate of drug-likeness (QED) is 0.626. The Balaban J connectivity index is 1.68. The lowest BCUT2D eigenvalue weighted by Gasteiger charge is -2.45. The highest BCUT2D eigenvalue weighted by atomic mass is 16.5. The van der Waals surface area contributed by atoms with Crippen LogP contribution in [0.2, 0.25) is 0 Å². The number of nitrogens with zero attached hydrogens (tertiary/aromatic N) is 3. The number of amides is 2. The monoisotopic (exact) mass is 448 g/mol. The Morgan fingerprint density at radius 2 is 1.85 bits per heavy atom. The normalized spacial score (nSPS) is 14.6. The summed E-state index contributed by atoms with van der Waals surface area (Å²) in [5.41, 5.74) is 1.81. The van der Waals surface area contributed by atoms with Crippen LogP contribution in [0.5, 0.6) is 5.75 Å². The molecular weight excluding hydrogens is 420 g/mol. The number of carbonyl (C=O) groups is 2. The van der Waals surface area contributed by atoms with Crippen LogP contribution < -0.4 is 15.6 Å². The van der Waals surface area contributed by atoms with E-state index >= 15 is 0 Å². The van der Waals surface area contributed by atoms with Gasteiger partial charge >= 0.3 is 0 Å². The third-order valence-electron chi connectivity index (χ3n) is 5.87. The number of hydrogen-bond donors (Lipinski definition) is 1.